The summed E-state index contributed by atoms with van der Waals surface area (Å²) in [5.74, 6) is 0.605. The number of amides is 2. The quantitative estimate of drug-likeness (QED) is 0.680. The molecule has 0 heterocycles. The lowest BCUT2D eigenvalue weighted by Crippen LogP contribution is -2.43. The summed E-state index contributed by atoms with van der Waals surface area (Å²) in [7, 11) is 1.84. The van der Waals surface area contributed by atoms with Gasteiger partial charge < -0.3 is 15.0 Å². The zero-order valence-electron chi connectivity index (χ0n) is 11.2. The second-order valence-corrected chi connectivity index (χ2v) is 4.52. The van der Waals surface area contributed by atoms with Gasteiger partial charge in [-0.15, -0.1) is 0 Å². The Hall–Kier alpha value is -0.770. The molecule has 0 radical (unpaired) electrons. The highest BCUT2D eigenvalue weighted by atomic mass is 16.5. The molecule has 16 heavy (non-hydrogen) atoms. The molecule has 2 amide bonds. The zero-order valence-corrected chi connectivity index (χ0v) is 11.2. The monoisotopic (exact) mass is 230 g/mol. The topological polar surface area (TPSA) is 41.6 Å². The van der Waals surface area contributed by atoms with Crippen molar-refractivity contribution < 1.29 is 9.53 Å². The van der Waals surface area contributed by atoms with Gasteiger partial charge in [-0.2, -0.15) is 0 Å². The molecule has 0 aliphatic carbocycles. The van der Waals surface area contributed by atoms with Gasteiger partial charge >= 0.3 is 6.03 Å². The summed E-state index contributed by atoms with van der Waals surface area (Å²) in [5.41, 5.74) is 0. The minimum Gasteiger partial charge on any atom is -0.380 e. The lowest BCUT2D eigenvalue weighted by Gasteiger charge is -2.26. The van der Waals surface area contributed by atoms with E-state index in [0.29, 0.717) is 25.7 Å². The molecule has 0 spiro atoms. The fraction of sp³-hybridized carbons (Fsp3) is 0.917. The Kier molecular flexibility index (Phi) is 7.99. The number of hydrogen-bond donors (Lipinski definition) is 1. The molecule has 4 nitrogen and oxygen atoms in total. The molecule has 1 atom stereocenters. The van der Waals surface area contributed by atoms with Crippen molar-refractivity contribution in [3.05, 3.63) is 0 Å². The number of nitrogens with one attached hydrogen (secondary N) is 1. The molecule has 0 aliphatic heterocycles. The zero-order chi connectivity index (χ0) is 12.6. The molecule has 0 aromatic rings. The maximum absolute atomic E-state index is 11.7. The van der Waals surface area contributed by atoms with E-state index in [1.807, 2.05) is 14.0 Å². The molecule has 0 saturated heterocycles. The first-order valence-electron chi connectivity index (χ1n) is 6.07. The van der Waals surface area contributed by atoms with E-state index in [1.54, 1.807) is 4.90 Å². The molecular weight excluding hydrogens is 204 g/mol. The van der Waals surface area contributed by atoms with Gasteiger partial charge in [0.2, 0.25) is 0 Å². The van der Waals surface area contributed by atoms with E-state index in [-0.39, 0.29) is 12.1 Å². The van der Waals surface area contributed by atoms with Gasteiger partial charge in [-0.1, -0.05) is 13.8 Å². The van der Waals surface area contributed by atoms with Crippen molar-refractivity contribution in [1.82, 2.24) is 10.2 Å². The third-order valence-corrected chi connectivity index (χ3v) is 2.52. The van der Waals surface area contributed by atoms with Gasteiger partial charge in [0.1, 0.15) is 0 Å². The van der Waals surface area contributed by atoms with Crippen LogP contribution < -0.4 is 5.32 Å². The molecule has 0 rings (SSSR count). The van der Waals surface area contributed by atoms with E-state index < -0.39 is 0 Å². The second kappa shape index (κ2) is 8.39. The second-order valence-electron chi connectivity index (χ2n) is 4.52. The predicted molar refractivity (Wildman–Crippen MR) is 66.6 cm³/mol. The number of hydrogen-bond acceptors (Lipinski definition) is 2. The van der Waals surface area contributed by atoms with Crippen LogP contribution in [0.5, 0.6) is 0 Å². The summed E-state index contributed by atoms with van der Waals surface area (Å²) in [4.78, 5) is 13.4. The molecule has 0 aromatic heterocycles. The number of carbonyl (C=O) groups is 1. The van der Waals surface area contributed by atoms with Crippen molar-refractivity contribution in [2.24, 2.45) is 5.92 Å². The van der Waals surface area contributed by atoms with Crippen LogP contribution in [0.15, 0.2) is 0 Å². The Morgan fingerprint density at radius 2 is 2.00 bits per heavy atom. The number of nitrogens with zero attached hydrogens (tertiary/aromatic N) is 1. The van der Waals surface area contributed by atoms with Crippen LogP contribution in [-0.4, -0.2) is 43.8 Å². The SMILES string of the molecule is CCOCCNC(=O)N(C)[C@H](C)CC(C)C. The van der Waals surface area contributed by atoms with Crippen molar-refractivity contribution in [2.45, 2.75) is 40.2 Å². The fourth-order valence-electron chi connectivity index (χ4n) is 1.54. The lowest BCUT2D eigenvalue weighted by molar-refractivity contribution is 0.144. The van der Waals surface area contributed by atoms with Crippen molar-refractivity contribution >= 4 is 6.03 Å². The third-order valence-electron chi connectivity index (χ3n) is 2.52. The molecule has 0 saturated carbocycles. The van der Waals surface area contributed by atoms with E-state index in [1.165, 1.54) is 0 Å². The van der Waals surface area contributed by atoms with Crippen LogP contribution in [0.25, 0.3) is 0 Å². The summed E-state index contributed by atoms with van der Waals surface area (Å²) in [6, 6.07) is 0.250. The largest absolute Gasteiger partial charge is 0.380 e. The Balaban J connectivity index is 3.79. The van der Waals surface area contributed by atoms with Crippen molar-refractivity contribution in [2.75, 3.05) is 26.8 Å². The third kappa shape index (κ3) is 6.67. The first-order valence-corrected chi connectivity index (χ1v) is 6.07. The van der Waals surface area contributed by atoms with E-state index in [4.69, 9.17) is 4.74 Å². The molecule has 96 valence electrons. The maximum atomic E-state index is 11.7. The molecule has 4 heteroatoms. The van der Waals surface area contributed by atoms with Crippen molar-refractivity contribution in [3.63, 3.8) is 0 Å². The molecular formula is C12H26N2O2. The van der Waals surface area contributed by atoms with Crippen LogP contribution in [0.3, 0.4) is 0 Å². The smallest absolute Gasteiger partial charge is 0.317 e. The standard InChI is InChI=1S/C12H26N2O2/c1-6-16-8-7-13-12(15)14(5)11(4)9-10(2)3/h10-11H,6-9H2,1-5H3,(H,13,15)/t11-/m1/s1. The summed E-state index contributed by atoms with van der Waals surface area (Å²) in [6.07, 6.45) is 1.02. The van der Waals surface area contributed by atoms with Gasteiger partial charge in [0, 0.05) is 26.2 Å². The fourth-order valence-corrected chi connectivity index (χ4v) is 1.54. The molecule has 0 bridgehead atoms. The Morgan fingerprint density at radius 1 is 1.38 bits per heavy atom. The van der Waals surface area contributed by atoms with Crippen molar-refractivity contribution in [3.8, 4) is 0 Å². The van der Waals surface area contributed by atoms with E-state index in [2.05, 4.69) is 26.1 Å². The summed E-state index contributed by atoms with van der Waals surface area (Å²) in [5, 5.41) is 2.83. The van der Waals surface area contributed by atoms with Crippen LogP contribution in [0.1, 0.15) is 34.1 Å². The van der Waals surface area contributed by atoms with Crippen molar-refractivity contribution in [1.29, 1.82) is 0 Å². The Labute approximate surface area is 99.3 Å². The van der Waals surface area contributed by atoms with Gasteiger partial charge in [0.05, 0.1) is 6.61 Å². The van der Waals surface area contributed by atoms with E-state index in [9.17, 15) is 4.79 Å². The highest BCUT2D eigenvalue weighted by molar-refractivity contribution is 5.74. The molecule has 0 fully saturated rings. The Morgan fingerprint density at radius 3 is 2.50 bits per heavy atom. The highest BCUT2D eigenvalue weighted by Crippen LogP contribution is 2.09. The normalized spacial score (nSPS) is 12.6. The average Bonchev–Trinajstić information content (AvgIpc) is 2.22. The minimum atomic E-state index is -0.0205. The van der Waals surface area contributed by atoms with Crippen LogP contribution >= 0.6 is 0 Å². The number of rotatable bonds is 7. The number of urea groups is 1. The van der Waals surface area contributed by atoms with Crippen LogP contribution in [0, 0.1) is 5.92 Å². The Bertz CT molecular complexity index is 195. The number of ether oxygens (including phenoxy) is 1. The molecule has 0 aliphatic rings. The van der Waals surface area contributed by atoms with Gasteiger partial charge in [0.15, 0.2) is 0 Å². The van der Waals surface area contributed by atoms with E-state index in [0.717, 1.165) is 6.42 Å². The van der Waals surface area contributed by atoms with Gasteiger partial charge in [-0.05, 0) is 26.2 Å². The van der Waals surface area contributed by atoms with Gasteiger partial charge in [-0.25, -0.2) is 4.79 Å². The van der Waals surface area contributed by atoms with Gasteiger partial charge in [0.25, 0.3) is 0 Å². The highest BCUT2D eigenvalue weighted by Gasteiger charge is 2.15. The molecule has 1 N–H and O–H groups in total. The average molecular weight is 230 g/mol. The molecule has 0 aromatic carbocycles. The minimum absolute atomic E-state index is 0.0205. The lowest BCUT2D eigenvalue weighted by atomic mass is 10.0. The maximum Gasteiger partial charge on any atom is 0.317 e. The number of carbonyl (C=O) groups excluding carboxylic acids is 1. The predicted octanol–water partition coefficient (Wildman–Crippen LogP) is 2.10. The summed E-state index contributed by atoms with van der Waals surface area (Å²) >= 11 is 0. The van der Waals surface area contributed by atoms with Crippen LogP contribution in [0.4, 0.5) is 4.79 Å². The molecule has 0 unspecified atom stereocenters. The first-order chi connectivity index (χ1) is 7.49. The van der Waals surface area contributed by atoms with Crippen LogP contribution in [0.2, 0.25) is 0 Å². The summed E-state index contributed by atoms with van der Waals surface area (Å²) < 4.78 is 5.16. The first kappa shape index (κ1) is 15.2. The van der Waals surface area contributed by atoms with Crippen LogP contribution in [-0.2, 0) is 4.74 Å². The summed E-state index contributed by atoms with van der Waals surface area (Å²) in [6.45, 7) is 10.2. The van der Waals surface area contributed by atoms with E-state index >= 15 is 0 Å². The van der Waals surface area contributed by atoms with Gasteiger partial charge in [-0.3, -0.25) is 0 Å².